The summed E-state index contributed by atoms with van der Waals surface area (Å²) in [6.07, 6.45) is 0.0796. The minimum absolute atomic E-state index is 0.0377. The summed E-state index contributed by atoms with van der Waals surface area (Å²) in [6, 6.07) is 0. The van der Waals surface area contributed by atoms with Crippen molar-refractivity contribution in [3.05, 3.63) is 0 Å². The Balaban J connectivity index is 3.84. The Kier molecular flexibility index (Phi) is 6.96. The van der Waals surface area contributed by atoms with Crippen LogP contribution in [0.4, 0.5) is 0 Å². The summed E-state index contributed by atoms with van der Waals surface area (Å²) >= 11 is 0. The molecule has 1 unspecified atom stereocenters. The Labute approximate surface area is 83.3 Å². The van der Waals surface area contributed by atoms with Gasteiger partial charge < -0.3 is 19.0 Å². The van der Waals surface area contributed by atoms with Crippen LogP contribution in [0.1, 0.15) is 13.8 Å². The van der Waals surface area contributed by atoms with Crippen molar-refractivity contribution in [1.82, 2.24) is 0 Å². The lowest BCUT2D eigenvalue weighted by molar-refractivity contribution is -0.181. The van der Waals surface area contributed by atoms with Crippen LogP contribution in [0.25, 0.3) is 0 Å². The highest BCUT2D eigenvalue weighted by Gasteiger charge is 2.15. The zero-order valence-electron chi connectivity index (χ0n) is 8.69. The van der Waals surface area contributed by atoms with Gasteiger partial charge in [-0.15, -0.1) is 0 Å². The van der Waals surface area contributed by atoms with Crippen molar-refractivity contribution < 1.29 is 23.8 Å². The van der Waals surface area contributed by atoms with Gasteiger partial charge in [0.05, 0.1) is 7.11 Å². The lowest BCUT2D eigenvalue weighted by atomic mass is 10.2. The SMILES string of the molecule is COC(=O)COC(OCC=O)C(C)C. The molecule has 0 aromatic rings. The minimum atomic E-state index is -0.556. The minimum Gasteiger partial charge on any atom is -0.467 e. The Morgan fingerprint density at radius 2 is 2.00 bits per heavy atom. The summed E-state index contributed by atoms with van der Waals surface area (Å²) < 4.78 is 14.5. The van der Waals surface area contributed by atoms with Gasteiger partial charge in [0.15, 0.2) is 6.29 Å². The molecule has 0 radical (unpaired) electrons. The Morgan fingerprint density at radius 3 is 2.43 bits per heavy atom. The number of carbonyl (C=O) groups excluding carboxylic acids is 2. The molecule has 0 aromatic carbocycles. The van der Waals surface area contributed by atoms with Gasteiger partial charge in [0.1, 0.15) is 19.5 Å². The number of rotatable bonds is 7. The third-order valence-electron chi connectivity index (χ3n) is 1.47. The van der Waals surface area contributed by atoms with Crippen LogP contribution in [0.2, 0.25) is 0 Å². The van der Waals surface area contributed by atoms with Crippen LogP contribution in [-0.4, -0.2) is 38.9 Å². The Bertz CT molecular complexity index is 178. The van der Waals surface area contributed by atoms with Crippen LogP contribution in [0.15, 0.2) is 0 Å². The number of hydrogen-bond acceptors (Lipinski definition) is 5. The molecule has 0 spiro atoms. The van der Waals surface area contributed by atoms with Gasteiger partial charge in [-0.3, -0.25) is 0 Å². The highest BCUT2D eigenvalue weighted by atomic mass is 16.7. The molecule has 0 fully saturated rings. The monoisotopic (exact) mass is 204 g/mol. The smallest absolute Gasteiger partial charge is 0.331 e. The quantitative estimate of drug-likeness (QED) is 0.340. The van der Waals surface area contributed by atoms with Gasteiger partial charge in [0, 0.05) is 5.92 Å². The van der Waals surface area contributed by atoms with Gasteiger partial charge in [-0.05, 0) is 0 Å². The maximum atomic E-state index is 10.7. The molecule has 0 rings (SSSR count). The largest absolute Gasteiger partial charge is 0.467 e. The van der Waals surface area contributed by atoms with E-state index < -0.39 is 12.3 Å². The first-order chi connectivity index (χ1) is 6.61. The molecule has 1 atom stereocenters. The summed E-state index contributed by atoms with van der Waals surface area (Å²) in [4.78, 5) is 20.8. The lowest BCUT2D eigenvalue weighted by Gasteiger charge is -2.19. The van der Waals surface area contributed by atoms with Gasteiger partial charge in [-0.2, -0.15) is 0 Å². The fraction of sp³-hybridized carbons (Fsp3) is 0.778. The number of ether oxygens (including phenoxy) is 3. The van der Waals surface area contributed by atoms with Crippen LogP contribution in [0.3, 0.4) is 0 Å². The highest BCUT2D eigenvalue weighted by Crippen LogP contribution is 2.07. The average molecular weight is 204 g/mol. The average Bonchev–Trinajstić information content (AvgIpc) is 2.16. The molecule has 0 aliphatic heterocycles. The van der Waals surface area contributed by atoms with E-state index in [1.54, 1.807) is 0 Å². The summed E-state index contributed by atoms with van der Waals surface area (Å²) in [7, 11) is 1.28. The molecule has 0 heterocycles. The van der Waals surface area contributed by atoms with Gasteiger partial charge in [0.25, 0.3) is 0 Å². The second kappa shape index (κ2) is 7.46. The number of hydrogen-bond donors (Lipinski definition) is 0. The zero-order valence-corrected chi connectivity index (χ0v) is 8.69. The van der Waals surface area contributed by atoms with Gasteiger partial charge in [-0.25, -0.2) is 4.79 Å². The lowest BCUT2D eigenvalue weighted by Crippen LogP contribution is -2.27. The zero-order chi connectivity index (χ0) is 11.0. The predicted octanol–water partition coefficient (Wildman–Crippen LogP) is 0.374. The number of esters is 1. The molecule has 5 heteroatoms. The van der Waals surface area contributed by atoms with E-state index in [0.717, 1.165) is 0 Å². The van der Waals surface area contributed by atoms with E-state index in [4.69, 9.17) is 9.47 Å². The molecule has 0 aliphatic carbocycles. The molecule has 0 aromatic heterocycles. The molecule has 0 saturated carbocycles. The number of aldehydes is 1. The fourth-order valence-electron chi connectivity index (χ4n) is 0.776. The van der Waals surface area contributed by atoms with E-state index in [1.165, 1.54) is 7.11 Å². The molecular formula is C9H16O5. The van der Waals surface area contributed by atoms with Crippen molar-refractivity contribution in [1.29, 1.82) is 0 Å². The van der Waals surface area contributed by atoms with Crippen molar-refractivity contribution in [2.75, 3.05) is 20.3 Å². The van der Waals surface area contributed by atoms with E-state index in [2.05, 4.69) is 4.74 Å². The summed E-state index contributed by atoms with van der Waals surface area (Å²) in [5.74, 6) is -0.398. The Hall–Kier alpha value is -0.940. The second-order valence-corrected chi connectivity index (χ2v) is 3.00. The van der Waals surface area contributed by atoms with E-state index in [-0.39, 0.29) is 19.1 Å². The molecule has 14 heavy (non-hydrogen) atoms. The first-order valence-corrected chi connectivity index (χ1v) is 4.35. The molecule has 0 amide bonds. The van der Waals surface area contributed by atoms with Crippen molar-refractivity contribution in [3.8, 4) is 0 Å². The van der Waals surface area contributed by atoms with Gasteiger partial charge in [-0.1, -0.05) is 13.8 Å². The van der Waals surface area contributed by atoms with Crippen LogP contribution < -0.4 is 0 Å². The van der Waals surface area contributed by atoms with Crippen LogP contribution >= 0.6 is 0 Å². The van der Waals surface area contributed by atoms with Crippen LogP contribution in [0.5, 0.6) is 0 Å². The Morgan fingerprint density at radius 1 is 1.36 bits per heavy atom. The first-order valence-electron chi connectivity index (χ1n) is 4.35. The van der Waals surface area contributed by atoms with E-state index in [9.17, 15) is 9.59 Å². The fourth-order valence-corrected chi connectivity index (χ4v) is 0.776. The van der Waals surface area contributed by atoms with Crippen molar-refractivity contribution >= 4 is 12.3 Å². The van der Waals surface area contributed by atoms with Gasteiger partial charge in [0.2, 0.25) is 0 Å². The molecule has 0 saturated heterocycles. The second-order valence-electron chi connectivity index (χ2n) is 3.00. The standard InChI is InChI=1S/C9H16O5/c1-7(2)9(13-5-4-10)14-6-8(11)12-3/h4,7,9H,5-6H2,1-3H3. The topological polar surface area (TPSA) is 61.8 Å². The maximum Gasteiger partial charge on any atom is 0.331 e. The first kappa shape index (κ1) is 13.1. The third kappa shape index (κ3) is 5.66. The number of carbonyl (C=O) groups is 2. The molecule has 0 bridgehead atoms. The highest BCUT2D eigenvalue weighted by molar-refractivity contribution is 5.70. The molecule has 5 nitrogen and oxygen atoms in total. The summed E-state index contributed by atoms with van der Waals surface area (Å²) in [6.45, 7) is 3.53. The predicted molar refractivity (Wildman–Crippen MR) is 48.6 cm³/mol. The molecular weight excluding hydrogens is 188 g/mol. The summed E-state index contributed by atoms with van der Waals surface area (Å²) in [5, 5.41) is 0. The van der Waals surface area contributed by atoms with Crippen LogP contribution in [0, 0.1) is 5.92 Å². The van der Waals surface area contributed by atoms with E-state index in [0.29, 0.717) is 6.29 Å². The van der Waals surface area contributed by atoms with Crippen molar-refractivity contribution in [3.63, 3.8) is 0 Å². The normalized spacial score (nSPS) is 12.6. The maximum absolute atomic E-state index is 10.7. The van der Waals surface area contributed by atoms with Crippen molar-refractivity contribution in [2.45, 2.75) is 20.1 Å². The molecule has 0 aliphatic rings. The van der Waals surface area contributed by atoms with Crippen LogP contribution in [-0.2, 0) is 23.8 Å². The summed E-state index contributed by atoms with van der Waals surface area (Å²) in [5.41, 5.74) is 0. The van der Waals surface area contributed by atoms with E-state index in [1.807, 2.05) is 13.8 Å². The molecule has 82 valence electrons. The number of methoxy groups -OCH3 is 1. The van der Waals surface area contributed by atoms with Crippen molar-refractivity contribution in [2.24, 2.45) is 5.92 Å². The van der Waals surface area contributed by atoms with Gasteiger partial charge >= 0.3 is 5.97 Å². The van der Waals surface area contributed by atoms with E-state index >= 15 is 0 Å². The molecule has 0 N–H and O–H groups in total. The third-order valence-corrected chi connectivity index (χ3v) is 1.47.